The smallest absolute Gasteiger partial charge is 0.322 e. The number of carbonyl (C=O) groups excluding carboxylic acids is 3. The third-order valence-corrected chi connectivity index (χ3v) is 6.04. The predicted molar refractivity (Wildman–Crippen MR) is 118 cm³/mol. The zero-order valence-electron chi connectivity index (χ0n) is 18.0. The van der Waals surface area contributed by atoms with Crippen molar-refractivity contribution in [1.82, 2.24) is 20.4 Å². The number of methoxy groups -OCH3 is 1. The van der Waals surface area contributed by atoms with Crippen molar-refractivity contribution in [1.29, 1.82) is 0 Å². The molecular weight excluding hydrogens is 422 g/mol. The third kappa shape index (κ3) is 5.87. The summed E-state index contributed by atoms with van der Waals surface area (Å²) >= 11 is 6.08. The van der Waals surface area contributed by atoms with Gasteiger partial charge in [-0.3, -0.25) is 14.9 Å². The maximum atomic E-state index is 12.8. The first-order chi connectivity index (χ1) is 14.8. The number of hydrogen-bond acceptors (Lipinski definition) is 6. The molecule has 10 heteroatoms. The first kappa shape index (κ1) is 23.3. The molecule has 2 N–H and O–H groups in total. The van der Waals surface area contributed by atoms with E-state index in [0.29, 0.717) is 50.9 Å². The molecule has 9 nitrogen and oxygen atoms in total. The molecule has 2 heterocycles. The fraction of sp³-hybridized carbons (Fsp3) is 0.571. The average molecular weight is 452 g/mol. The minimum atomic E-state index is -1.11. The maximum Gasteiger partial charge on any atom is 0.322 e. The van der Waals surface area contributed by atoms with Gasteiger partial charge in [0.2, 0.25) is 5.91 Å². The van der Waals surface area contributed by atoms with Crippen molar-refractivity contribution in [3.05, 3.63) is 29.3 Å². The van der Waals surface area contributed by atoms with Gasteiger partial charge in [-0.05, 0) is 31.7 Å². The summed E-state index contributed by atoms with van der Waals surface area (Å²) in [6.07, 6.45) is 0.429. The Morgan fingerprint density at radius 2 is 2.00 bits per heavy atom. The number of carbonyl (C=O) groups is 3. The van der Waals surface area contributed by atoms with Crippen LogP contribution in [-0.2, 0) is 14.3 Å². The molecule has 2 fully saturated rings. The number of anilines is 1. The summed E-state index contributed by atoms with van der Waals surface area (Å²) in [5.74, 6) is -0.404. The van der Waals surface area contributed by atoms with Crippen molar-refractivity contribution in [3.8, 4) is 0 Å². The van der Waals surface area contributed by atoms with Crippen molar-refractivity contribution >= 4 is 35.1 Å². The number of piperazine rings is 1. The van der Waals surface area contributed by atoms with Crippen LogP contribution in [0.5, 0.6) is 0 Å². The molecule has 0 bridgehead atoms. The van der Waals surface area contributed by atoms with Gasteiger partial charge < -0.3 is 24.8 Å². The number of hydrogen-bond donors (Lipinski definition) is 2. The van der Waals surface area contributed by atoms with Gasteiger partial charge in [-0.15, -0.1) is 0 Å². The molecule has 1 aromatic carbocycles. The zero-order chi connectivity index (χ0) is 22.4. The summed E-state index contributed by atoms with van der Waals surface area (Å²) in [6, 6.07) is 7.16. The summed E-state index contributed by atoms with van der Waals surface area (Å²) < 4.78 is 5.08. The maximum absolute atomic E-state index is 12.8. The SMILES string of the molecule is COCCN(C)CC1(CCC(=O)N2CCN(c3cccc(Cl)c3)CC2)NC(=O)NC1=O. The second-order valence-corrected chi connectivity index (χ2v) is 8.51. The molecule has 2 aliphatic heterocycles. The first-order valence-electron chi connectivity index (χ1n) is 10.4. The average Bonchev–Trinajstić information content (AvgIpc) is 3.03. The Hall–Kier alpha value is -2.36. The van der Waals surface area contributed by atoms with Crippen LogP contribution in [0.2, 0.25) is 5.02 Å². The highest BCUT2D eigenvalue weighted by Gasteiger charge is 2.47. The highest BCUT2D eigenvalue weighted by Crippen LogP contribution is 2.23. The Bertz CT molecular complexity index is 815. The van der Waals surface area contributed by atoms with E-state index in [1.165, 1.54) is 0 Å². The van der Waals surface area contributed by atoms with Gasteiger partial charge in [0.1, 0.15) is 5.54 Å². The molecule has 0 aromatic heterocycles. The fourth-order valence-electron chi connectivity index (χ4n) is 4.05. The van der Waals surface area contributed by atoms with Crippen LogP contribution in [0.15, 0.2) is 24.3 Å². The molecule has 1 aromatic rings. The van der Waals surface area contributed by atoms with Gasteiger partial charge in [0.25, 0.3) is 5.91 Å². The second-order valence-electron chi connectivity index (χ2n) is 8.07. The van der Waals surface area contributed by atoms with Gasteiger partial charge in [0.05, 0.1) is 6.61 Å². The van der Waals surface area contributed by atoms with Gasteiger partial charge in [0.15, 0.2) is 0 Å². The predicted octanol–water partition coefficient (Wildman–Crippen LogP) is 0.925. The van der Waals surface area contributed by atoms with Crippen LogP contribution in [0.1, 0.15) is 12.8 Å². The van der Waals surface area contributed by atoms with Crippen LogP contribution in [-0.4, -0.2) is 93.2 Å². The number of nitrogens with zero attached hydrogens (tertiary/aromatic N) is 3. The van der Waals surface area contributed by atoms with Crippen molar-refractivity contribution in [3.63, 3.8) is 0 Å². The molecule has 1 atom stereocenters. The van der Waals surface area contributed by atoms with Crippen molar-refractivity contribution in [2.24, 2.45) is 0 Å². The number of urea groups is 1. The molecule has 0 aliphatic carbocycles. The van der Waals surface area contributed by atoms with E-state index >= 15 is 0 Å². The topological polar surface area (TPSA) is 94.2 Å². The molecule has 0 spiro atoms. The third-order valence-electron chi connectivity index (χ3n) is 5.80. The van der Waals surface area contributed by atoms with E-state index in [2.05, 4.69) is 15.5 Å². The first-order valence-corrected chi connectivity index (χ1v) is 10.8. The van der Waals surface area contributed by atoms with Gasteiger partial charge in [-0.25, -0.2) is 4.79 Å². The van der Waals surface area contributed by atoms with E-state index in [9.17, 15) is 14.4 Å². The van der Waals surface area contributed by atoms with E-state index in [0.717, 1.165) is 5.69 Å². The lowest BCUT2D eigenvalue weighted by molar-refractivity contribution is -0.132. The van der Waals surface area contributed by atoms with E-state index in [1.807, 2.05) is 41.1 Å². The molecule has 1 unspecified atom stereocenters. The van der Waals surface area contributed by atoms with Gasteiger partial charge in [-0.2, -0.15) is 0 Å². The minimum absolute atomic E-state index is 0.0152. The van der Waals surface area contributed by atoms with Crippen LogP contribution in [0, 0.1) is 0 Å². The normalized spacial score (nSPS) is 21.4. The number of likely N-dealkylation sites (N-methyl/N-ethyl adjacent to an activating group) is 1. The van der Waals surface area contributed by atoms with Gasteiger partial charge >= 0.3 is 6.03 Å². The Morgan fingerprint density at radius 3 is 2.61 bits per heavy atom. The van der Waals surface area contributed by atoms with Crippen LogP contribution in [0.4, 0.5) is 10.5 Å². The molecule has 4 amide bonds. The van der Waals surface area contributed by atoms with Gasteiger partial charge in [0, 0.05) is 63.5 Å². The van der Waals surface area contributed by atoms with Crippen LogP contribution < -0.4 is 15.5 Å². The summed E-state index contributed by atoms with van der Waals surface area (Å²) in [5.41, 5.74) is -0.0688. The van der Waals surface area contributed by atoms with E-state index in [-0.39, 0.29) is 24.7 Å². The second kappa shape index (κ2) is 10.3. The number of nitrogens with one attached hydrogen (secondary N) is 2. The number of ether oxygens (including phenoxy) is 1. The Labute approximate surface area is 187 Å². The molecule has 2 saturated heterocycles. The monoisotopic (exact) mass is 451 g/mol. The molecule has 0 saturated carbocycles. The Morgan fingerprint density at radius 1 is 1.26 bits per heavy atom. The molecule has 0 radical (unpaired) electrons. The number of rotatable bonds is 9. The van der Waals surface area contributed by atoms with Crippen LogP contribution >= 0.6 is 11.6 Å². The van der Waals surface area contributed by atoms with E-state index in [4.69, 9.17) is 16.3 Å². The minimum Gasteiger partial charge on any atom is -0.383 e. The van der Waals surface area contributed by atoms with E-state index < -0.39 is 11.6 Å². The lowest BCUT2D eigenvalue weighted by Crippen LogP contribution is -2.56. The molecule has 3 rings (SSSR count). The molecule has 2 aliphatic rings. The molecular formula is C21H30ClN5O4. The molecule has 170 valence electrons. The van der Waals surface area contributed by atoms with Crippen molar-refractivity contribution < 1.29 is 19.1 Å². The summed E-state index contributed by atoms with van der Waals surface area (Å²) in [7, 11) is 3.47. The standard InChI is InChI=1S/C21H30ClN5O4/c1-25(12-13-31-2)15-21(19(29)23-20(30)24-21)7-6-18(28)27-10-8-26(9-11-27)17-5-3-4-16(22)14-17/h3-5,14H,6-13,15H2,1-2H3,(H2,23,24,29,30). The van der Waals surface area contributed by atoms with Crippen LogP contribution in [0.3, 0.4) is 0 Å². The number of amides is 4. The lowest BCUT2D eigenvalue weighted by Gasteiger charge is -2.37. The Kier molecular flexibility index (Phi) is 7.74. The lowest BCUT2D eigenvalue weighted by atomic mass is 9.92. The fourth-order valence-corrected chi connectivity index (χ4v) is 4.23. The summed E-state index contributed by atoms with van der Waals surface area (Å²) in [4.78, 5) is 43.1. The number of imide groups is 1. The summed E-state index contributed by atoms with van der Waals surface area (Å²) in [6.45, 7) is 4.07. The highest BCUT2D eigenvalue weighted by molar-refractivity contribution is 6.30. The summed E-state index contributed by atoms with van der Waals surface area (Å²) in [5, 5.41) is 5.74. The van der Waals surface area contributed by atoms with Crippen LogP contribution in [0.25, 0.3) is 0 Å². The Balaban J connectivity index is 1.55. The van der Waals surface area contributed by atoms with E-state index in [1.54, 1.807) is 7.11 Å². The number of halogens is 1. The molecule has 31 heavy (non-hydrogen) atoms. The zero-order valence-corrected chi connectivity index (χ0v) is 18.8. The highest BCUT2D eigenvalue weighted by atomic mass is 35.5. The van der Waals surface area contributed by atoms with Gasteiger partial charge in [-0.1, -0.05) is 17.7 Å². The van der Waals surface area contributed by atoms with Crippen molar-refractivity contribution in [2.45, 2.75) is 18.4 Å². The number of benzene rings is 1. The van der Waals surface area contributed by atoms with Crippen molar-refractivity contribution in [2.75, 3.05) is 64.9 Å². The quantitative estimate of drug-likeness (QED) is 0.542. The largest absolute Gasteiger partial charge is 0.383 e.